The average Bonchev–Trinajstić information content (AvgIpc) is 3.26. The van der Waals surface area contributed by atoms with Crippen molar-refractivity contribution >= 4 is 43.0 Å². The number of fused-ring (bicyclic) bond motifs is 1. The molecule has 13 nitrogen and oxygen atoms in total. The second-order valence-corrected chi connectivity index (χ2v) is 15.5. The molecule has 1 aliphatic rings. The van der Waals surface area contributed by atoms with E-state index in [4.69, 9.17) is 14.2 Å². The average molecular weight is 665 g/mol. The third-order valence-electron chi connectivity index (χ3n) is 7.46. The monoisotopic (exact) mass is 664 g/mol. The van der Waals surface area contributed by atoms with E-state index in [2.05, 4.69) is 4.72 Å². The molecule has 0 aliphatic carbocycles. The Bertz CT molecular complexity index is 1750. The van der Waals surface area contributed by atoms with Crippen molar-refractivity contribution in [2.24, 2.45) is 0 Å². The quantitative estimate of drug-likeness (QED) is 0.320. The first kappa shape index (κ1) is 34.4. The van der Waals surface area contributed by atoms with Crippen molar-refractivity contribution in [2.45, 2.75) is 50.8 Å². The van der Waals surface area contributed by atoms with E-state index in [1.807, 2.05) is 31.2 Å². The van der Waals surface area contributed by atoms with Crippen LogP contribution in [0.1, 0.15) is 32.0 Å². The molecule has 0 amide bonds. The molecule has 45 heavy (non-hydrogen) atoms. The predicted molar refractivity (Wildman–Crippen MR) is 168 cm³/mol. The van der Waals surface area contributed by atoms with Gasteiger partial charge in [0.15, 0.2) is 0 Å². The molecular formula is C30H40N4O9S2. The summed E-state index contributed by atoms with van der Waals surface area (Å²) in [5, 5.41) is 0.835. The summed E-state index contributed by atoms with van der Waals surface area (Å²) in [5.74, 6) is -0.212. The largest absolute Gasteiger partial charge is 0.489 e. The highest BCUT2D eigenvalue weighted by Gasteiger charge is 2.33. The van der Waals surface area contributed by atoms with Gasteiger partial charge in [0, 0.05) is 49.4 Å². The van der Waals surface area contributed by atoms with Crippen molar-refractivity contribution in [2.75, 3.05) is 46.1 Å². The molecule has 2 heterocycles. The lowest BCUT2D eigenvalue weighted by atomic mass is 10.1. The number of hydrogen-bond donors (Lipinski definition) is 1. The molecule has 4 rings (SSSR count). The number of aromatic nitrogens is 1. The third kappa shape index (κ3) is 8.21. The van der Waals surface area contributed by atoms with E-state index in [9.17, 15) is 26.4 Å². The molecule has 1 atom stereocenters. The molecule has 1 fully saturated rings. The van der Waals surface area contributed by atoms with Crippen molar-refractivity contribution < 1.29 is 40.6 Å². The van der Waals surface area contributed by atoms with Crippen molar-refractivity contribution in [3.63, 3.8) is 0 Å². The maximum Gasteiger partial charge on any atom is 0.419 e. The highest BCUT2D eigenvalue weighted by molar-refractivity contribution is 7.89. The smallest absolute Gasteiger partial charge is 0.419 e. The van der Waals surface area contributed by atoms with E-state index >= 15 is 0 Å². The van der Waals surface area contributed by atoms with Crippen LogP contribution in [0.3, 0.4) is 0 Å². The molecule has 0 saturated carbocycles. The molecule has 15 heteroatoms. The highest BCUT2D eigenvalue weighted by Crippen LogP contribution is 2.28. The molecule has 1 aromatic heterocycles. The van der Waals surface area contributed by atoms with Crippen molar-refractivity contribution in [3.05, 3.63) is 59.8 Å². The molecule has 2 aromatic carbocycles. The maximum absolute atomic E-state index is 13.1. The van der Waals surface area contributed by atoms with E-state index in [-0.39, 0.29) is 44.2 Å². The van der Waals surface area contributed by atoms with Crippen LogP contribution in [0.5, 0.6) is 5.75 Å². The van der Waals surface area contributed by atoms with E-state index in [0.29, 0.717) is 17.0 Å². The van der Waals surface area contributed by atoms with Gasteiger partial charge in [0.05, 0.1) is 23.8 Å². The number of hydrogen-bond acceptors (Lipinski definition) is 10. The number of rotatable bonds is 10. The first-order valence-electron chi connectivity index (χ1n) is 14.3. The summed E-state index contributed by atoms with van der Waals surface area (Å²) in [4.78, 5) is 27.2. The van der Waals surface area contributed by atoms with Gasteiger partial charge in [-0.2, -0.15) is 4.31 Å². The Hall–Kier alpha value is -3.50. The number of nitrogens with one attached hydrogen (secondary N) is 1. The lowest BCUT2D eigenvalue weighted by Gasteiger charge is -2.36. The number of carbonyl (C=O) groups excluding carboxylic acids is 2. The second kappa shape index (κ2) is 13.5. The van der Waals surface area contributed by atoms with Gasteiger partial charge in [0.2, 0.25) is 20.0 Å². The van der Waals surface area contributed by atoms with Gasteiger partial charge in [-0.05, 0) is 58.0 Å². The fraction of sp³-hybridized carbons (Fsp3) is 0.467. The summed E-state index contributed by atoms with van der Waals surface area (Å²) in [7, 11) is -6.16. The van der Waals surface area contributed by atoms with Crippen molar-refractivity contribution in [3.8, 4) is 5.75 Å². The Kier molecular flexibility index (Phi) is 10.3. The first-order chi connectivity index (χ1) is 21.0. The van der Waals surface area contributed by atoms with E-state index < -0.39 is 43.8 Å². The molecule has 1 N–H and O–H groups in total. The second-order valence-electron chi connectivity index (χ2n) is 11.7. The van der Waals surface area contributed by atoms with Crippen LogP contribution in [0.4, 0.5) is 4.79 Å². The van der Waals surface area contributed by atoms with E-state index in [1.54, 1.807) is 25.7 Å². The molecule has 0 bridgehead atoms. The van der Waals surface area contributed by atoms with Crippen molar-refractivity contribution in [1.82, 2.24) is 18.5 Å². The number of benzene rings is 2. The summed E-state index contributed by atoms with van der Waals surface area (Å²) in [6, 6.07) is 12.4. The van der Waals surface area contributed by atoms with Crippen LogP contribution in [0.2, 0.25) is 0 Å². The molecular weight excluding hydrogens is 624 g/mol. The van der Waals surface area contributed by atoms with Gasteiger partial charge in [0.1, 0.15) is 24.0 Å². The topological polar surface area (TPSA) is 154 Å². The van der Waals surface area contributed by atoms with Crippen LogP contribution >= 0.6 is 0 Å². The minimum absolute atomic E-state index is 0.0296. The van der Waals surface area contributed by atoms with Crippen LogP contribution in [0.25, 0.3) is 10.9 Å². The number of nitrogens with zero attached hydrogens (tertiary/aromatic N) is 3. The number of methoxy groups -OCH3 is 1. The molecule has 1 saturated heterocycles. The number of para-hydroxylation sites is 1. The minimum Gasteiger partial charge on any atom is -0.489 e. The van der Waals surface area contributed by atoms with Gasteiger partial charge in [-0.15, -0.1) is 0 Å². The maximum atomic E-state index is 13.1. The highest BCUT2D eigenvalue weighted by atomic mass is 32.2. The lowest BCUT2D eigenvalue weighted by molar-refractivity contribution is -0.147. The summed E-state index contributed by atoms with van der Waals surface area (Å²) in [6.07, 6.45) is 0.632. The SMILES string of the molecule is COC(=O)[C@H](CNS(=O)(=O)c1ccc(OCc2c(C)n(C(=O)OC(C)(C)C)c3ccccc23)cc1)N1CCN(S(C)(=O)=O)CC1. The molecule has 1 aliphatic heterocycles. The Morgan fingerprint density at radius 2 is 1.58 bits per heavy atom. The summed E-state index contributed by atoms with van der Waals surface area (Å²) in [6.45, 7) is 7.95. The van der Waals surface area contributed by atoms with Crippen LogP contribution in [0.15, 0.2) is 53.4 Å². The molecule has 0 radical (unpaired) electrons. The zero-order chi connectivity index (χ0) is 33.2. The van der Waals surface area contributed by atoms with Gasteiger partial charge in [-0.3, -0.25) is 9.69 Å². The number of carbonyl (C=O) groups is 2. The van der Waals surface area contributed by atoms with Crippen LogP contribution < -0.4 is 9.46 Å². The van der Waals surface area contributed by atoms with Gasteiger partial charge in [0.25, 0.3) is 0 Å². The number of esters is 1. The molecule has 246 valence electrons. The van der Waals surface area contributed by atoms with Crippen LogP contribution in [0, 0.1) is 6.92 Å². The van der Waals surface area contributed by atoms with Crippen LogP contribution in [-0.2, 0) is 40.9 Å². The first-order valence-corrected chi connectivity index (χ1v) is 17.7. The lowest BCUT2D eigenvalue weighted by Crippen LogP contribution is -2.56. The number of sulfonamides is 2. The Labute approximate surface area is 264 Å². The zero-order valence-electron chi connectivity index (χ0n) is 26.3. The minimum atomic E-state index is -4.01. The number of piperazine rings is 1. The number of ether oxygens (including phenoxy) is 3. The molecule has 0 spiro atoms. The normalized spacial score (nSPS) is 16.0. The van der Waals surface area contributed by atoms with Gasteiger partial charge < -0.3 is 14.2 Å². The van der Waals surface area contributed by atoms with Gasteiger partial charge in [-0.25, -0.2) is 30.9 Å². The third-order valence-corrected chi connectivity index (χ3v) is 10.2. The molecule has 0 unspecified atom stereocenters. The summed E-state index contributed by atoms with van der Waals surface area (Å²) >= 11 is 0. The van der Waals surface area contributed by atoms with E-state index in [0.717, 1.165) is 17.2 Å². The predicted octanol–water partition coefficient (Wildman–Crippen LogP) is 2.71. The van der Waals surface area contributed by atoms with Crippen LogP contribution in [-0.4, -0.2) is 100 Å². The Morgan fingerprint density at radius 3 is 2.16 bits per heavy atom. The summed E-state index contributed by atoms with van der Waals surface area (Å²) in [5.41, 5.74) is 1.49. The van der Waals surface area contributed by atoms with E-state index in [1.165, 1.54) is 40.2 Å². The van der Waals surface area contributed by atoms with Gasteiger partial charge >= 0.3 is 12.1 Å². The standard InChI is InChI=1S/C30H40N4O9S2/c1-21-25(24-9-7-8-10-26(24)34(21)29(36)43-30(2,3)4)20-42-22-11-13-23(14-12-22)45(39,40)31-19-27(28(35)41-5)32-15-17-33(18-16-32)44(6,37)38/h7-14,27,31H,15-20H2,1-6H3/t27-/m0/s1. The Balaban J connectivity index is 1.43. The fourth-order valence-corrected chi connectivity index (χ4v) is 7.01. The summed E-state index contributed by atoms with van der Waals surface area (Å²) < 4.78 is 71.7. The zero-order valence-corrected chi connectivity index (χ0v) is 27.9. The molecule has 3 aromatic rings. The Morgan fingerprint density at radius 1 is 0.956 bits per heavy atom. The van der Waals surface area contributed by atoms with Crippen molar-refractivity contribution in [1.29, 1.82) is 0 Å². The van der Waals surface area contributed by atoms with Gasteiger partial charge in [-0.1, -0.05) is 18.2 Å². The fourth-order valence-electron chi connectivity index (χ4n) is 5.15.